The van der Waals surface area contributed by atoms with E-state index in [9.17, 15) is 8.42 Å². The predicted octanol–water partition coefficient (Wildman–Crippen LogP) is 3.74. The third-order valence-electron chi connectivity index (χ3n) is 4.33. The van der Waals surface area contributed by atoms with Crippen LogP contribution in [0.3, 0.4) is 0 Å². The summed E-state index contributed by atoms with van der Waals surface area (Å²) in [6.07, 6.45) is 1.56. The van der Waals surface area contributed by atoms with Crippen molar-refractivity contribution in [2.45, 2.75) is 23.8 Å². The van der Waals surface area contributed by atoms with Crippen molar-refractivity contribution in [3.8, 4) is 0 Å². The van der Waals surface area contributed by atoms with Crippen molar-refractivity contribution in [1.29, 1.82) is 0 Å². The number of fused-ring (bicyclic) bond motifs is 1. The summed E-state index contributed by atoms with van der Waals surface area (Å²) in [6, 6.07) is 13.8. The maximum Gasteiger partial charge on any atom is 0.243 e. The summed E-state index contributed by atoms with van der Waals surface area (Å²) in [4.78, 5) is 8.06. The fourth-order valence-corrected chi connectivity index (χ4v) is 5.16. The van der Waals surface area contributed by atoms with Gasteiger partial charge in [-0.05, 0) is 43.2 Å². The number of imidazole rings is 1. The first kappa shape index (κ1) is 15.6. The number of nitrogens with zero attached hydrogens (tertiary/aromatic N) is 2. The second kappa shape index (κ2) is 5.88. The Hall–Kier alpha value is -1.89. The minimum atomic E-state index is -3.61. The van der Waals surface area contributed by atoms with Crippen LogP contribution in [-0.4, -0.2) is 29.2 Å². The highest BCUT2D eigenvalue weighted by atomic mass is 35.5. The molecule has 1 aliphatic heterocycles. The lowest BCUT2D eigenvalue weighted by molar-refractivity contribution is 0.385. The number of aromatic nitrogens is 2. The fraction of sp³-hybridized carbons (Fsp3) is 0.235. The van der Waals surface area contributed by atoms with Crippen LogP contribution in [0.2, 0.25) is 5.02 Å². The molecule has 5 nitrogen and oxygen atoms in total. The molecule has 1 N–H and O–H groups in total. The summed E-state index contributed by atoms with van der Waals surface area (Å²) in [6.45, 7) is 0.483. The van der Waals surface area contributed by atoms with Gasteiger partial charge >= 0.3 is 0 Å². The quantitative estimate of drug-likeness (QED) is 0.772. The van der Waals surface area contributed by atoms with Crippen molar-refractivity contribution < 1.29 is 8.42 Å². The molecule has 2 aromatic carbocycles. The van der Waals surface area contributed by atoms with Gasteiger partial charge in [0.1, 0.15) is 5.82 Å². The number of benzene rings is 2. The molecule has 4 rings (SSSR count). The maximum absolute atomic E-state index is 13.0. The minimum absolute atomic E-state index is 0.220. The molecule has 0 aliphatic carbocycles. The molecular formula is C17H16ClN3O2S. The SMILES string of the molecule is O=S(=O)(c1cccc(Cl)c1)N1CCC[C@H]1c1nc2ccccc2[nH]1. The third-order valence-corrected chi connectivity index (χ3v) is 6.47. The molecule has 1 saturated heterocycles. The summed E-state index contributed by atoms with van der Waals surface area (Å²) in [5, 5.41) is 0.413. The Morgan fingerprint density at radius 1 is 1.17 bits per heavy atom. The van der Waals surface area contributed by atoms with Crippen molar-refractivity contribution in [1.82, 2.24) is 14.3 Å². The van der Waals surface area contributed by atoms with Crippen molar-refractivity contribution in [3.63, 3.8) is 0 Å². The number of nitrogens with one attached hydrogen (secondary N) is 1. The first-order chi connectivity index (χ1) is 11.6. The van der Waals surface area contributed by atoms with Crippen molar-refractivity contribution in [2.24, 2.45) is 0 Å². The van der Waals surface area contributed by atoms with Crippen LogP contribution in [0.25, 0.3) is 11.0 Å². The van der Waals surface area contributed by atoms with E-state index in [0.717, 1.165) is 23.9 Å². The molecule has 0 amide bonds. The molecule has 0 saturated carbocycles. The zero-order valence-corrected chi connectivity index (χ0v) is 14.4. The average molecular weight is 362 g/mol. The lowest BCUT2D eigenvalue weighted by atomic mass is 10.2. The van der Waals surface area contributed by atoms with Gasteiger partial charge in [-0.15, -0.1) is 0 Å². The van der Waals surface area contributed by atoms with Crippen LogP contribution < -0.4 is 0 Å². The standard InChI is InChI=1S/C17H16ClN3O2S/c18-12-5-3-6-13(11-12)24(22,23)21-10-4-9-16(21)17-19-14-7-1-2-8-15(14)20-17/h1-3,5-8,11,16H,4,9-10H2,(H,19,20)/t16-/m0/s1. The van der Waals surface area contributed by atoms with E-state index in [1.807, 2.05) is 24.3 Å². The molecule has 2 heterocycles. The van der Waals surface area contributed by atoms with Crippen molar-refractivity contribution >= 4 is 32.7 Å². The third kappa shape index (κ3) is 2.60. The molecule has 1 fully saturated rings. The highest BCUT2D eigenvalue weighted by Crippen LogP contribution is 2.36. The van der Waals surface area contributed by atoms with Gasteiger partial charge in [-0.25, -0.2) is 13.4 Å². The number of hydrogen-bond donors (Lipinski definition) is 1. The van der Waals surface area contributed by atoms with Gasteiger partial charge in [0.2, 0.25) is 10.0 Å². The van der Waals surface area contributed by atoms with E-state index in [2.05, 4.69) is 9.97 Å². The number of rotatable bonds is 3. The Balaban J connectivity index is 1.74. The van der Waals surface area contributed by atoms with Crippen LogP contribution >= 0.6 is 11.6 Å². The van der Waals surface area contributed by atoms with Crippen LogP contribution in [0.5, 0.6) is 0 Å². The van der Waals surface area contributed by atoms with E-state index in [1.165, 1.54) is 10.4 Å². The number of aromatic amines is 1. The van der Waals surface area contributed by atoms with Gasteiger partial charge in [-0.1, -0.05) is 29.8 Å². The van der Waals surface area contributed by atoms with Gasteiger partial charge in [0.25, 0.3) is 0 Å². The van der Waals surface area contributed by atoms with E-state index in [1.54, 1.807) is 18.2 Å². The molecular weight excluding hydrogens is 346 g/mol. The first-order valence-corrected chi connectivity index (χ1v) is 9.59. The van der Waals surface area contributed by atoms with E-state index >= 15 is 0 Å². The summed E-state index contributed by atoms with van der Waals surface area (Å²) < 4.78 is 27.5. The summed E-state index contributed by atoms with van der Waals surface area (Å²) in [5.41, 5.74) is 1.76. The molecule has 1 atom stereocenters. The highest BCUT2D eigenvalue weighted by molar-refractivity contribution is 7.89. The molecule has 1 aromatic heterocycles. The fourth-order valence-electron chi connectivity index (χ4n) is 3.19. The van der Waals surface area contributed by atoms with Gasteiger partial charge in [0, 0.05) is 11.6 Å². The Kier molecular flexibility index (Phi) is 3.83. The Morgan fingerprint density at radius 3 is 2.79 bits per heavy atom. The lowest BCUT2D eigenvalue weighted by Gasteiger charge is -2.22. The number of para-hydroxylation sites is 2. The molecule has 0 radical (unpaired) electrons. The van der Waals surface area contributed by atoms with Gasteiger partial charge in [0.05, 0.1) is 22.0 Å². The van der Waals surface area contributed by atoms with E-state index < -0.39 is 10.0 Å². The molecule has 7 heteroatoms. The van der Waals surface area contributed by atoms with E-state index in [-0.39, 0.29) is 10.9 Å². The largest absolute Gasteiger partial charge is 0.341 e. The molecule has 3 aromatic rings. The first-order valence-electron chi connectivity index (χ1n) is 7.78. The van der Waals surface area contributed by atoms with Gasteiger partial charge in [-0.3, -0.25) is 0 Å². The lowest BCUT2D eigenvalue weighted by Crippen LogP contribution is -2.31. The van der Waals surface area contributed by atoms with Crippen LogP contribution in [0.15, 0.2) is 53.4 Å². The van der Waals surface area contributed by atoms with Crippen molar-refractivity contribution in [3.05, 3.63) is 59.4 Å². The molecule has 0 spiro atoms. The molecule has 0 unspecified atom stereocenters. The zero-order valence-electron chi connectivity index (χ0n) is 12.8. The highest BCUT2D eigenvalue weighted by Gasteiger charge is 2.37. The van der Waals surface area contributed by atoms with Gasteiger partial charge in [-0.2, -0.15) is 4.31 Å². The maximum atomic E-state index is 13.0. The monoisotopic (exact) mass is 361 g/mol. The summed E-state index contributed by atoms with van der Waals surface area (Å²) in [5.74, 6) is 0.694. The van der Waals surface area contributed by atoms with Gasteiger partial charge < -0.3 is 4.98 Å². The molecule has 1 aliphatic rings. The second-order valence-corrected chi connectivity index (χ2v) is 8.20. The smallest absolute Gasteiger partial charge is 0.243 e. The van der Waals surface area contributed by atoms with Crippen LogP contribution in [-0.2, 0) is 10.0 Å². The summed E-state index contributed by atoms with van der Waals surface area (Å²) in [7, 11) is -3.61. The van der Waals surface area contributed by atoms with E-state index in [4.69, 9.17) is 11.6 Å². The molecule has 24 heavy (non-hydrogen) atoms. The number of hydrogen-bond acceptors (Lipinski definition) is 3. The number of H-pyrrole nitrogens is 1. The molecule has 0 bridgehead atoms. The number of sulfonamides is 1. The average Bonchev–Trinajstić information content (AvgIpc) is 3.21. The Bertz CT molecular complexity index is 967. The second-order valence-electron chi connectivity index (χ2n) is 5.87. The van der Waals surface area contributed by atoms with E-state index in [0.29, 0.717) is 17.4 Å². The Morgan fingerprint density at radius 2 is 2.00 bits per heavy atom. The topological polar surface area (TPSA) is 66.1 Å². The zero-order chi connectivity index (χ0) is 16.7. The Labute approximate surface area is 145 Å². The van der Waals surface area contributed by atoms with Crippen LogP contribution in [0.1, 0.15) is 24.7 Å². The predicted molar refractivity (Wildman–Crippen MR) is 93.4 cm³/mol. The van der Waals surface area contributed by atoms with Crippen molar-refractivity contribution in [2.75, 3.05) is 6.54 Å². The molecule has 124 valence electrons. The van der Waals surface area contributed by atoms with Gasteiger partial charge in [0.15, 0.2) is 0 Å². The minimum Gasteiger partial charge on any atom is -0.341 e. The normalized spacial score (nSPS) is 19.1. The van der Waals surface area contributed by atoms with Crippen LogP contribution in [0.4, 0.5) is 0 Å². The number of halogens is 1. The summed E-state index contributed by atoms with van der Waals surface area (Å²) >= 11 is 5.96. The van der Waals surface area contributed by atoms with Crippen LogP contribution in [0, 0.1) is 0 Å².